The highest BCUT2D eigenvalue weighted by atomic mass is 32.1. The van der Waals surface area contributed by atoms with E-state index in [1.54, 1.807) is 14.2 Å². The van der Waals surface area contributed by atoms with Gasteiger partial charge >= 0.3 is 0 Å². The third kappa shape index (κ3) is 4.41. The van der Waals surface area contributed by atoms with Crippen LogP contribution in [0.4, 0.5) is 11.5 Å². The number of hydrogen-bond donors (Lipinski definition) is 2. The zero-order valence-corrected chi connectivity index (χ0v) is 22.1. The molecule has 2 aliphatic rings. The summed E-state index contributed by atoms with van der Waals surface area (Å²) in [6, 6.07) is 12.5. The fourth-order valence-corrected chi connectivity index (χ4v) is 6.62. The van der Waals surface area contributed by atoms with E-state index in [1.165, 1.54) is 11.3 Å². The molecule has 5 heterocycles. The first-order chi connectivity index (χ1) is 18.1. The van der Waals surface area contributed by atoms with Crippen LogP contribution in [0.15, 0.2) is 42.6 Å². The molecule has 192 valence electrons. The van der Waals surface area contributed by atoms with Crippen molar-refractivity contribution in [2.75, 3.05) is 44.1 Å². The maximum atomic E-state index is 12.7. The van der Waals surface area contributed by atoms with Gasteiger partial charge in [-0.2, -0.15) is 0 Å². The Bertz CT molecular complexity index is 1460. The molecule has 2 aliphatic heterocycles. The third-order valence-electron chi connectivity index (χ3n) is 7.45. The quantitative estimate of drug-likeness (QED) is 0.365. The monoisotopic (exact) mass is 517 g/mol. The summed E-state index contributed by atoms with van der Waals surface area (Å²) < 4.78 is 12.0. The van der Waals surface area contributed by atoms with Crippen LogP contribution in [0.2, 0.25) is 0 Å². The molecule has 1 fully saturated rings. The van der Waals surface area contributed by atoms with Crippen LogP contribution in [0, 0.1) is 5.92 Å². The zero-order chi connectivity index (χ0) is 25.5. The van der Waals surface area contributed by atoms with Gasteiger partial charge in [0.15, 0.2) is 6.29 Å². The normalized spacial score (nSPS) is 18.6. The molecule has 0 radical (unpaired) electrons. The number of amides is 1. The van der Waals surface area contributed by atoms with Crippen molar-refractivity contribution in [1.82, 2.24) is 15.3 Å². The number of nitrogens with zero attached hydrogens (tertiary/aromatic N) is 3. The standard InChI is InChI=1S/C28H31N5O3S/c1-16-15-30-25-24-19-4-5-20(32-21(19)6-7-22(24)37-26(25)27(34)31-16)18-8-11-29-23(14-18)33-12-9-17(10-13-33)28(35-2)36-3/h4-8,11,14,16-17,28,30H,9-10,12-13,15H2,1-3H3,(H,31,34). The SMILES string of the molecule is COC(OC)C1CCN(c2cc(-c3ccc4c(ccc5sc6c(c54)NCC(C)NC6=O)n3)ccn2)CC1. The number of pyridine rings is 2. The second kappa shape index (κ2) is 9.89. The maximum absolute atomic E-state index is 12.7. The molecule has 1 saturated heterocycles. The number of hydrogen-bond acceptors (Lipinski definition) is 8. The molecule has 1 amide bonds. The average molecular weight is 518 g/mol. The number of aromatic nitrogens is 2. The number of carbonyl (C=O) groups is 1. The van der Waals surface area contributed by atoms with E-state index in [-0.39, 0.29) is 18.2 Å². The number of carbonyl (C=O) groups excluding carboxylic acids is 1. The van der Waals surface area contributed by atoms with Crippen LogP contribution in [-0.4, -0.2) is 62.1 Å². The Labute approximate surface area is 220 Å². The van der Waals surface area contributed by atoms with E-state index in [4.69, 9.17) is 14.5 Å². The first-order valence-electron chi connectivity index (χ1n) is 12.7. The van der Waals surface area contributed by atoms with Gasteiger partial charge in [-0.05, 0) is 56.2 Å². The minimum absolute atomic E-state index is 0.0141. The molecule has 4 aromatic rings. The van der Waals surface area contributed by atoms with Crippen LogP contribution >= 0.6 is 11.3 Å². The Balaban J connectivity index is 1.30. The highest BCUT2D eigenvalue weighted by Crippen LogP contribution is 2.41. The predicted octanol–water partition coefficient (Wildman–Crippen LogP) is 4.89. The van der Waals surface area contributed by atoms with Crippen molar-refractivity contribution in [2.24, 2.45) is 5.92 Å². The van der Waals surface area contributed by atoms with Crippen LogP contribution in [0.25, 0.3) is 32.2 Å². The number of nitrogens with one attached hydrogen (secondary N) is 2. The van der Waals surface area contributed by atoms with E-state index >= 15 is 0 Å². The highest BCUT2D eigenvalue weighted by molar-refractivity contribution is 7.21. The Kier molecular flexibility index (Phi) is 6.44. The lowest BCUT2D eigenvalue weighted by Gasteiger charge is -2.35. The van der Waals surface area contributed by atoms with Gasteiger partial charge < -0.3 is 25.0 Å². The number of rotatable bonds is 5. The number of methoxy groups -OCH3 is 2. The summed E-state index contributed by atoms with van der Waals surface area (Å²) in [5.74, 6) is 1.34. The third-order valence-corrected chi connectivity index (χ3v) is 8.60. The molecule has 0 spiro atoms. The summed E-state index contributed by atoms with van der Waals surface area (Å²) in [5.41, 5.74) is 3.77. The lowest BCUT2D eigenvalue weighted by atomic mass is 9.96. The maximum Gasteiger partial charge on any atom is 0.263 e. The van der Waals surface area contributed by atoms with Gasteiger partial charge in [0.25, 0.3) is 5.91 Å². The van der Waals surface area contributed by atoms with E-state index in [1.807, 2.05) is 25.3 Å². The van der Waals surface area contributed by atoms with Gasteiger partial charge in [-0.15, -0.1) is 11.3 Å². The Morgan fingerprint density at radius 2 is 1.92 bits per heavy atom. The molecule has 8 nitrogen and oxygen atoms in total. The number of benzene rings is 1. The first kappa shape index (κ1) is 24.1. The van der Waals surface area contributed by atoms with Crippen LogP contribution in [0.1, 0.15) is 29.4 Å². The lowest BCUT2D eigenvalue weighted by Crippen LogP contribution is -2.39. The summed E-state index contributed by atoms with van der Waals surface area (Å²) in [6.45, 7) is 4.53. The molecule has 6 rings (SSSR count). The lowest BCUT2D eigenvalue weighted by molar-refractivity contribution is -0.141. The van der Waals surface area contributed by atoms with E-state index in [0.29, 0.717) is 12.5 Å². The highest BCUT2D eigenvalue weighted by Gasteiger charge is 2.27. The topological polar surface area (TPSA) is 88.6 Å². The fraction of sp³-hybridized carbons (Fsp3) is 0.393. The molecular weight excluding hydrogens is 486 g/mol. The van der Waals surface area contributed by atoms with E-state index < -0.39 is 0 Å². The second-order valence-electron chi connectivity index (χ2n) is 9.83. The number of ether oxygens (including phenoxy) is 2. The van der Waals surface area contributed by atoms with Crippen LogP contribution < -0.4 is 15.5 Å². The summed E-state index contributed by atoms with van der Waals surface area (Å²) in [5, 5.41) is 8.68. The zero-order valence-electron chi connectivity index (χ0n) is 21.3. The van der Waals surface area contributed by atoms with Gasteiger partial charge in [-0.3, -0.25) is 4.79 Å². The largest absolute Gasteiger partial charge is 0.381 e. The van der Waals surface area contributed by atoms with Crippen molar-refractivity contribution >= 4 is 49.7 Å². The van der Waals surface area contributed by atoms with Gasteiger partial charge in [0, 0.05) is 73.0 Å². The Morgan fingerprint density at radius 1 is 1.11 bits per heavy atom. The fourth-order valence-electron chi connectivity index (χ4n) is 5.52. The molecule has 1 unspecified atom stereocenters. The molecule has 37 heavy (non-hydrogen) atoms. The van der Waals surface area contributed by atoms with Crippen LogP contribution in [0.3, 0.4) is 0 Å². The van der Waals surface area contributed by atoms with Gasteiger partial charge in [-0.1, -0.05) is 0 Å². The van der Waals surface area contributed by atoms with Crippen molar-refractivity contribution in [2.45, 2.75) is 32.1 Å². The van der Waals surface area contributed by atoms with Crippen molar-refractivity contribution < 1.29 is 14.3 Å². The Hall–Kier alpha value is -3.27. The number of thiophene rings is 1. The minimum Gasteiger partial charge on any atom is -0.381 e. The smallest absolute Gasteiger partial charge is 0.263 e. The van der Waals surface area contributed by atoms with Crippen LogP contribution in [-0.2, 0) is 9.47 Å². The van der Waals surface area contributed by atoms with E-state index in [2.05, 4.69) is 44.8 Å². The van der Waals surface area contributed by atoms with E-state index in [9.17, 15) is 4.79 Å². The van der Waals surface area contributed by atoms with Crippen molar-refractivity contribution in [1.29, 1.82) is 0 Å². The van der Waals surface area contributed by atoms with Crippen molar-refractivity contribution in [3.63, 3.8) is 0 Å². The van der Waals surface area contributed by atoms with Gasteiger partial charge in [0.05, 0.1) is 16.9 Å². The summed E-state index contributed by atoms with van der Waals surface area (Å²) >= 11 is 1.53. The van der Waals surface area contributed by atoms with Crippen molar-refractivity contribution in [3.05, 3.63) is 47.5 Å². The number of piperidine rings is 1. The second-order valence-corrected chi connectivity index (χ2v) is 10.9. The van der Waals surface area contributed by atoms with Gasteiger partial charge in [-0.25, -0.2) is 9.97 Å². The minimum atomic E-state index is -0.152. The summed E-state index contributed by atoms with van der Waals surface area (Å²) in [6.07, 6.45) is 3.71. The van der Waals surface area contributed by atoms with Crippen molar-refractivity contribution in [3.8, 4) is 11.3 Å². The molecule has 1 atom stereocenters. The summed E-state index contributed by atoms with van der Waals surface area (Å²) in [4.78, 5) is 25.5. The predicted molar refractivity (Wildman–Crippen MR) is 149 cm³/mol. The molecule has 1 aromatic carbocycles. The molecule has 3 aromatic heterocycles. The van der Waals surface area contributed by atoms with Crippen LogP contribution in [0.5, 0.6) is 0 Å². The number of fused-ring (bicyclic) bond motifs is 5. The summed E-state index contributed by atoms with van der Waals surface area (Å²) in [7, 11) is 3.41. The molecule has 0 saturated carbocycles. The molecule has 9 heteroatoms. The van der Waals surface area contributed by atoms with Gasteiger partial charge in [0.2, 0.25) is 0 Å². The molecular formula is C28H31N5O3S. The Morgan fingerprint density at radius 3 is 2.70 bits per heavy atom. The van der Waals surface area contributed by atoms with Gasteiger partial charge in [0.1, 0.15) is 10.7 Å². The molecule has 0 aliphatic carbocycles. The molecule has 2 N–H and O–H groups in total. The number of anilines is 2. The first-order valence-corrected chi connectivity index (χ1v) is 13.6. The average Bonchev–Trinajstić information content (AvgIpc) is 3.25. The van der Waals surface area contributed by atoms with E-state index in [0.717, 1.165) is 74.6 Å². The molecule has 0 bridgehead atoms.